The zero-order valence-corrected chi connectivity index (χ0v) is 32.8. The highest BCUT2D eigenvalue weighted by Gasteiger charge is 2.24. The highest BCUT2D eigenvalue weighted by Crippen LogP contribution is 2.43. The molecule has 0 unspecified atom stereocenters. The Morgan fingerprint density at radius 3 is 1.80 bits per heavy atom. The first-order valence-electron chi connectivity index (χ1n) is 19.6. The second-order valence-electron chi connectivity index (χ2n) is 17.3. The number of fused-ring (bicyclic) bond motifs is 9. The van der Waals surface area contributed by atoms with Gasteiger partial charge in [0.2, 0.25) is 0 Å². The Kier molecular flexibility index (Phi) is 7.63. The molecule has 7 aromatic carbocycles. The molecule has 0 N–H and O–H groups in total. The summed E-state index contributed by atoms with van der Waals surface area (Å²) < 4.78 is 9.11. The van der Waals surface area contributed by atoms with Crippen molar-refractivity contribution in [2.45, 2.75) is 52.4 Å². The maximum absolute atomic E-state index is 6.74. The number of rotatable bonds is 4. The Labute approximate surface area is 327 Å². The van der Waals surface area contributed by atoms with E-state index in [0.29, 0.717) is 0 Å². The Bertz CT molecular complexity index is 3130. The Balaban J connectivity index is 1.19. The first-order valence-corrected chi connectivity index (χ1v) is 19.6. The molecule has 3 nitrogen and oxygen atoms in total. The van der Waals surface area contributed by atoms with Crippen LogP contribution in [0.1, 0.15) is 52.7 Å². The van der Waals surface area contributed by atoms with E-state index in [1.807, 2.05) is 0 Å². The van der Waals surface area contributed by atoms with Gasteiger partial charge in [-0.05, 0) is 86.5 Å². The Morgan fingerprint density at radius 2 is 1.07 bits per heavy atom. The molecule has 3 aromatic heterocycles. The molecular formula is C53H44N2O. The van der Waals surface area contributed by atoms with Gasteiger partial charge in [0.15, 0.2) is 0 Å². The molecule has 0 aliphatic rings. The van der Waals surface area contributed by atoms with Crippen LogP contribution in [-0.4, -0.2) is 9.38 Å². The van der Waals surface area contributed by atoms with Crippen LogP contribution in [0.2, 0.25) is 0 Å². The molecule has 0 amide bonds. The van der Waals surface area contributed by atoms with Crippen LogP contribution in [0, 0.1) is 0 Å². The summed E-state index contributed by atoms with van der Waals surface area (Å²) in [6.07, 6.45) is 0. The van der Waals surface area contributed by atoms with Crippen LogP contribution in [0.3, 0.4) is 0 Å². The lowest BCUT2D eigenvalue weighted by Gasteiger charge is -2.21. The number of imidazole rings is 1. The van der Waals surface area contributed by atoms with Crippen LogP contribution < -0.4 is 0 Å². The van der Waals surface area contributed by atoms with Crippen molar-refractivity contribution < 1.29 is 4.42 Å². The lowest BCUT2D eigenvalue weighted by Crippen LogP contribution is -2.11. The van der Waals surface area contributed by atoms with Crippen molar-refractivity contribution >= 4 is 49.3 Å². The van der Waals surface area contributed by atoms with Crippen molar-refractivity contribution in [1.29, 1.82) is 0 Å². The molecule has 0 saturated heterocycles. The SMILES string of the molecule is CC(C)(C)c1ccc2oc3c(-c4cccc(-c5ccc6c(c5)c5ccccc5c5nc(-c7ccccc7)c(-c7ccccc7)n65)c4)cc(C(C)(C)C)cc3c2c1. The quantitative estimate of drug-likeness (QED) is 0.169. The van der Waals surface area contributed by atoms with Crippen molar-refractivity contribution in [2.24, 2.45) is 0 Å². The molecule has 0 aliphatic heterocycles. The minimum atomic E-state index is -0.0389. The summed E-state index contributed by atoms with van der Waals surface area (Å²) >= 11 is 0. The first-order chi connectivity index (χ1) is 27.0. The molecule has 0 aliphatic carbocycles. The van der Waals surface area contributed by atoms with Gasteiger partial charge in [-0.25, -0.2) is 4.98 Å². The van der Waals surface area contributed by atoms with Gasteiger partial charge in [0.25, 0.3) is 0 Å². The van der Waals surface area contributed by atoms with E-state index in [0.717, 1.165) is 72.5 Å². The van der Waals surface area contributed by atoms with E-state index < -0.39 is 0 Å². The van der Waals surface area contributed by atoms with Crippen molar-refractivity contribution in [1.82, 2.24) is 9.38 Å². The van der Waals surface area contributed by atoms with Gasteiger partial charge >= 0.3 is 0 Å². The van der Waals surface area contributed by atoms with Crippen LogP contribution in [-0.2, 0) is 10.8 Å². The summed E-state index contributed by atoms with van der Waals surface area (Å²) in [4.78, 5) is 5.40. The third-order valence-electron chi connectivity index (χ3n) is 11.5. The van der Waals surface area contributed by atoms with Gasteiger partial charge in [0, 0.05) is 38.2 Å². The minimum absolute atomic E-state index is 0.0389. The number of hydrogen-bond donors (Lipinski definition) is 0. The summed E-state index contributed by atoms with van der Waals surface area (Å²) in [5.74, 6) is 0. The van der Waals surface area contributed by atoms with Gasteiger partial charge in [-0.3, -0.25) is 4.40 Å². The molecule has 0 saturated carbocycles. The summed E-state index contributed by atoms with van der Waals surface area (Å²) in [5.41, 5.74) is 15.5. The van der Waals surface area contributed by atoms with Gasteiger partial charge in [0.05, 0.1) is 16.9 Å². The molecule has 10 aromatic rings. The fourth-order valence-electron chi connectivity index (χ4n) is 8.39. The topological polar surface area (TPSA) is 30.4 Å². The molecule has 0 bridgehead atoms. The van der Waals surface area contributed by atoms with Crippen molar-refractivity contribution in [3.63, 3.8) is 0 Å². The molecule has 3 heteroatoms. The molecule has 10 rings (SSSR count). The zero-order valence-electron chi connectivity index (χ0n) is 32.8. The maximum Gasteiger partial charge on any atom is 0.146 e. The van der Waals surface area contributed by atoms with E-state index in [1.54, 1.807) is 0 Å². The van der Waals surface area contributed by atoms with Crippen LogP contribution in [0.4, 0.5) is 0 Å². The van der Waals surface area contributed by atoms with Crippen molar-refractivity contribution in [2.75, 3.05) is 0 Å². The number of hydrogen-bond acceptors (Lipinski definition) is 2. The highest BCUT2D eigenvalue weighted by atomic mass is 16.3. The predicted octanol–water partition coefficient (Wildman–Crippen LogP) is 14.8. The average Bonchev–Trinajstić information content (AvgIpc) is 3.80. The van der Waals surface area contributed by atoms with Gasteiger partial charge in [-0.15, -0.1) is 0 Å². The van der Waals surface area contributed by atoms with Crippen LogP contribution in [0.5, 0.6) is 0 Å². The van der Waals surface area contributed by atoms with Crippen molar-refractivity contribution in [3.8, 4) is 44.8 Å². The second-order valence-corrected chi connectivity index (χ2v) is 17.3. The number of benzene rings is 7. The lowest BCUT2D eigenvalue weighted by molar-refractivity contribution is 0.590. The molecule has 0 radical (unpaired) electrons. The number of nitrogens with zero attached hydrogens (tertiary/aromatic N) is 2. The smallest absolute Gasteiger partial charge is 0.146 e. The van der Waals surface area contributed by atoms with Crippen molar-refractivity contribution in [3.05, 3.63) is 169 Å². The van der Waals surface area contributed by atoms with E-state index >= 15 is 0 Å². The first kappa shape index (κ1) is 34.1. The van der Waals surface area contributed by atoms with Gasteiger partial charge in [-0.1, -0.05) is 157 Å². The monoisotopic (exact) mass is 724 g/mol. The standard InChI is InChI=1S/C53H44N2O/c1-52(2,3)38-25-27-47-44(30-38)45-32-39(53(4,5)6)31-42(50(45)56-47)37-21-15-20-35(28-37)36-24-26-46-43(29-36)40-22-13-14-23-41(40)51-54-48(33-16-9-7-10-17-33)49(55(46)51)34-18-11-8-12-19-34/h7-32H,1-6H3. The second kappa shape index (κ2) is 12.5. The predicted molar refractivity (Wildman–Crippen MR) is 237 cm³/mol. The Morgan fingerprint density at radius 1 is 0.446 bits per heavy atom. The number of aromatic nitrogens is 2. The van der Waals surface area contributed by atoms with Crippen LogP contribution in [0.15, 0.2) is 162 Å². The fourth-order valence-corrected chi connectivity index (χ4v) is 8.39. The molecule has 0 atom stereocenters. The van der Waals surface area contributed by atoms with E-state index in [4.69, 9.17) is 9.40 Å². The fraction of sp³-hybridized carbons (Fsp3) is 0.151. The summed E-state index contributed by atoms with van der Waals surface area (Å²) in [5, 5.41) is 5.85. The molecular weight excluding hydrogens is 681 g/mol. The molecule has 272 valence electrons. The van der Waals surface area contributed by atoms with Gasteiger partial charge < -0.3 is 4.42 Å². The molecule has 0 spiro atoms. The molecule has 3 heterocycles. The summed E-state index contributed by atoms with van der Waals surface area (Å²) in [6, 6.07) is 57.2. The Hall–Kier alpha value is -6.45. The molecule has 56 heavy (non-hydrogen) atoms. The maximum atomic E-state index is 6.74. The number of furan rings is 1. The van der Waals surface area contributed by atoms with E-state index in [1.165, 1.54) is 32.7 Å². The normalized spacial score (nSPS) is 12.5. The minimum Gasteiger partial charge on any atom is -0.455 e. The van der Waals surface area contributed by atoms with Gasteiger partial charge in [0.1, 0.15) is 16.8 Å². The summed E-state index contributed by atoms with van der Waals surface area (Å²) in [6.45, 7) is 13.7. The number of pyridine rings is 1. The van der Waals surface area contributed by atoms with Crippen LogP contribution >= 0.6 is 0 Å². The van der Waals surface area contributed by atoms with Crippen LogP contribution in [0.25, 0.3) is 94.0 Å². The third-order valence-corrected chi connectivity index (χ3v) is 11.5. The van der Waals surface area contributed by atoms with Gasteiger partial charge in [-0.2, -0.15) is 0 Å². The highest BCUT2D eigenvalue weighted by molar-refractivity contribution is 6.14. The summed E-state index contributed by atoms with van der Waals surface area (Å²) in [7, 11) is 0. The van der Waals surface area contributed by atoms with E-state index in [2.05, 4.69) is 204 Å². The lowest BCUT2D eigenvalue weighted by atomic mass is 9.83. The average molecular weight is 725 g/mol. The largest absolute Gasteiger partial charge is 0.455 e. The zero-order chi connectivity index (χ0) is 38.3. The third kappa shape index (κ3) is 5.53. The van der Waals surface area contributed by atoms with E-state index in [-0.39, 0.29) is 10.8 Å². The molecule has 0 fully saturated rings. The van der Waals surface area contributed by atoms with E-state index in [9.17, 15) is 0 Å².